The van der Waals surface area contributed by atoms with Gasteiger partial charge in [-0.05, 0) is 55.7 Å². The number of anilines is 1. The van der Waals surface area contributed by atoms with Gasteiger partial charge in [0.15, 0.2) is 0 Å². The smallest absolute Gasteiger partial charge is 0.251 e. The molecule has 172 valence electrons. The maximum Gasteiger partial charge on any atom is 0.251 e. The molecule has 1 heterocycles. The number of para-hydroxylation sites is 1. The minimum absolute atomic E-state index is 0.0271. The van der Waals surface area contributed by atoms with Crippen molar-refractivity contribution in [2.45, 2.75) is 38.4 Å². The van der Waals surface area contributed by atoms with Gasteiger partial charge in [-0.1, -0.05) is 48.5 Å². The normalized spacial score (nSPS) is 15.2. The van der Waals surface area contributed by atoms with Gasteiger partial charge in [0.1, 0.15) is 5.75 Å². The molecule has 2 N–H and O–H groups in total. The first-order valence-electron chi connectivity index (χ1n) is 11.7. The molecule has 1 atom stereocenters. The molecule has 0 aliphatic carbocycles. The number of piperidine rings is 1. The van der Waals surface area contributed by atoms with Crippen LogP contribution in [0.5, 0.6) is 5.75 Å². The van der Waals surface area contributed by atoms with E-state index >= 15 is 0 Å². The molecule has 1 amide bonds. The lowest BCUT2D eigenvalue weighted by atomic mass is 10.0. The van der Waals surface area contributed by atoms with Crippen LogP contribution in [0, 0.1) is 0 Å². The fourth-order valence-electron chi connectivity index (χ4n) is 4.37. The van der Waals surface area contributed by atoms with E-state index in [0.29, 0.717) is 11.6 Å². The van der Waals surface area contributed by atoms with Crippen molar-refractivity contribution < 1.29 is 9.53 Å². The van der Waals surface area contributed by atoms with E-state index in [-0.39, 0.29) is 11.9 Å². The third kappa shape index (κ3) is 5.93. The Morgan fingerprint density at radius 2 is 1.64 bits per heavy atom. The molecule has 1 aliphatic rings. The van der Waals surface area contributed by atoms with Gasteiger partial charge in [-0.2, -0.15) is 0 Å². The van der Waals surface area contributed by atoms with Crippen LogP contribution in [0.2, 0.25) is 0 Å². The summed E-state index contributed by atoms with van der Waals surface area (Å²) in [6, 6.07) is 26.6. The average molecular weight is 444 g/mol. The molecule has 5 heteroatoms. The third-order valence-corrected chi connectivity index (χ3v) is 6.41. The van der Waals surface area contributed by atoms with Crippen molar-refractivity contribution >= 4 is 11.6 Å². The number of hydrogen-bond acceptors (Lipinski definition) is 4. The summed E-state index contributed by atoms with van der Waals surface area (Å²) in [5.74, 6) is 0.891. The van der Waals surface area contributed by atoms with E-state index in [9.17, 15) is 4.79 Å². The van der Waals surface area contributed by atoms with Crippen LogP contribution < -0.4 is 20.3 Å². The summed E-state index contributed by atoms with van der Waals surface area (Å²) in [5.41, 5.74) is 4.16. The van der Waals surface area contributed by atoms with Crippen molar-refractivity contribution in [2.75, 3.05) is 25.1 Å². The highest BCUT2D eigenvalue weighted by molar-refractivity contribution is 5.94. The van der Waals surface area contributed by atoms with Crippen LogP contribution in [0.3, 0.4) is 0 Å². The van der Waals surface area contributed by atoms with Crippen LogP contribution in [0.25, 0.3) is 0 Å². The number of hydrogen-bond donors (Lipinski definition) is 2. The number of ether oxygens (including phenoxy) is 1. The number of methoxy groups -OCH3 is 1. The highest BCUT2D eigenvalue weighted by Crippen LogP contribution is 2.22. The molecule has 0 bridgehead atoms. The van der Waals surface area contributed by atoms with Gasteiger partial charge in [0, 0.05) is 42.5 Å². The highest BCUT2D eigenvalue weighted by atomic mass is 16.5. The summed E-state index contributed by atoms with van der Waals surface area (Å²) in [7, 11) is 1.72. The standard InChI is InChI=1S/C28H33N3O2/c1-21(22-8-4-3-5-9-22)30-28(32)23-12-14-26(15-13-23)31-18-16-25(17-19-31)29-20-24-10-6-7-11-27(24)33-2/h3-15,21,25,29H,16-20H2,1-2H3,(H,30,32)/t21-/m0/s1. The molecule has 0 unspecified atom stereocenters. The largest absolute Gasteiger partial charge is 0.496 e. The zero-order valence-electron chi connectivity index (χ0n) is 19.5. The zero-order valence-corrected chi connectivity index (χ0v) is 19.5. The Morgan fingerprint density at radius 1 is 0.970 bits per heavy atom. The van der Waals surface area contributed by atoms with Crippen LogP contribution in [0.1, 0.15) is 47.3 Å². The summed E-state index contributed by atoms with van der Waals surface area (Å²) < 4.78 is 5.45. The minimum atomic E-state index is -0.0443. The van der Waals surface area contributed by atoms with Crippen molar-refractivity contribution in [2.24, 2.45) is 0 Å². The van der Waals surface area contributed by atoms with Gasteiger partial charge >= 0.3 is 0 Å². The fraction of sp³-hybridized carbons (Fsp3) is 0.321. The second-order valence-corrected chi connectivity index (χ2v) is 8.61. The SMILES string of the molecule is COc1ccccc1CNC1CCN(c2ccc(C(=O)N[C@@H](C)c3ccccc3)cc2)CC1. The first kappa shape index (κ1) is 22.9. The van der Waals surface area contributed by atoms with E-state index in [1.807, 2.05) is 67.6 Å². The van der Waals surface area contributed by atoms with Crippen LogP contribution in [-0.4, -0.2) is 32.1 Å². The number of benzene rings is 3. The van der Waals surface area contributed by atoms with Gasteiger partial charge in [-0.3, -0.25) is 4.79 Å². The predicted octanol–water partition coefficient (Wildman–Crippen LogP) is 4.94. The Morgan fingerprint density at radius 3 is 2.33 bits per heavy atom. The predicted molar refractivity (Wildman–Crippen MR) is 134 cm³/mol. The molecule has 0 aromatic heterocycles. The van der Waals surface area contributed by atoms with Crippen molar-refractivity contribution in [3.8, 4) is 5.75 Å². The monoisotopic (exact) mass is 443 g/mol. The molecule has 3 aromatic carbocycles. The van der Waals surface area contributed by atoms with Gasteiger partial charge in [-0.15, -0.1) is 0 Å². The molecule has 0 saturated carbocycles. The maximum atomic E-state index is 12.7. The summed E-state index contributed by atoms with van der Waals surface area (Å²) in [4.78, 5) is 15.1. The van der Waals surface area contributed by atoms with Gasteiger partial charge in [0.25, 0.3) is 5.91 Å². The molecule has 3 aromatic rings. The third-order valence-electron chi connectivity index (χ3n) is 6.41. The van der Waals surface area contributed by atoms with E-state index < -0.39 is 0 Å². The Balaban J connectivity index is 1.26. The van der Waals surface area contributed by atoms with E-state index in [1.54, 1.807) is 7.11 Å². The van der Waals surface area contributed by atoms with Gasteiger partial charge in [-0.25, -0.2) is 0 Å². The Kier molecular flexibility index (Phi) is 7.63. The van der Waals surface area contributed by atoms with Gasteiger partial charge in [0.05, 0.1) is 13.2 Å². The fourth-order valence-corrected chi connectivity index (χ4v) is 4.37. The molecule has 4 rings (SSSR count). The quantitative estimate of drug-likeness (QED) is 0.518. The van der Waals surface area contributed by atoms with Crippen molar-refractivity contribution in [1.82, 2.24) is 10.6 Å². The maximum absolute atomic E-state index is 12.7. The summed E-state index contributed by atoms with van der Waals surface area (Å²) in [5, 5.41) is 6.76. The van der Waals surface area contributed by atoms with Crippen LogP contribution in [-0.2, 0) is 6.54 Å². The summed E-state index contributed by atoms with van der Waals surface area (Å²) in [6.07, 6.45) is 2.18. The van der Waals surface area contributed by atoms with Crippen molar-refractivity contribution in [3.63, 3.8) is 0 Å². The average Bonchev–Trinajstić information content (AvgIpc) is 2.88. The second kappa shape index (κ2) is 11.0. The van der Waals surface area contributed by atoms with E-state index in [1.165, 1.54) is 11.3 Å². The minimum Gasteiger partial charge on any atom is -0.496 e. The second-order valence-electron chi connectivity index (χ2n) is 8.61. The molecule has 1 fully saturated rings. The van der Waals surface area contributed by atoms with Crippen LogP contribution in [0.4, 0.5) is 5.69 Å². The topological polar surface area (TPSA) is 53.6 Å². The Hall–Kier alpha value is -3.31. The number of carbonyl (C=O) groups excluding carboxylic acids is 1. The molecule has 1 saturated heterocycles. The molecule has 0 radical (unpaired) electrons. The summed E-state index contributed by atoms with van der Waals surface area (Å²) in [6.45, 7) is 4.83. The first-order chi connectivity index (χ1) is 16.1. The van der Waals surface area contributed by atoms with Gasteiger partial charge < -0.3 is 20.3 Å². The van der Waals surface area contributed by atoms with E-state index in [2.05, 4.69) is 33.7 Å². The van der Waals surface area contributed by atoms with Gasteiger partial charge in [0.2, 0.25) is 0 Å². The molecule has 0 spiro atoms. The number of amides is 1. The van der Waals surface area contributed by atoms with E-state index in [0.717, 1.165) is 43.8 Å². The Labute approximate surface area is 196 Å². The number of nitrogens with one attached hydrogen (secondary N) is 2. The van der Waals surface area contributed by atoms with Crippen LogP contribution >= 0.6 is 0 Å². The number of rotatable bonds is 8. The highest BCUT2D eigenvalue weighted by Gasteiger charge is 2.20. The zero-order chi connectivity index (χ0) is 23.0. The van der Waals surface area contributed by atoms with Crippen LogP contribution in [0.15, 0.2) is 78.9 Å². The molecular weight excluding hydrogens is 410 g/mol. The number of nitrogens with zero attached hydrogens (tertiary/aromatic N) is 1. The molecule has 33 heavy (non-hydrogen) atoms. The molecule has 5 nitrogen and oxygen atoms in total. The van der Waals surface area contributed by atoms with Crippen molar-refractivity contribution in [3.05, 3.63) is 95.6 Å². The summed E-state index contributed by atoms with van der Waals surface area (Å²) >= 11 is 0. The van der Waals surface area contributed by atoms with E-state index in [4.69, 9.17) is 4.74 Å². The lowest BCUT2D eigenvalue weighted by Crippen LogP contribution is -2.42. The first-order valence-corrected chi connectivity index (χ1v) is 11.7. The lowest BCUT2D eigenvalue weighted by molar-refractivity contribution is 0.0940. The lowest BCUT2D eigenvalue weighted by Gasteiger charge is -2.34. The number of carbonyl (C=O) groups is 1. The molecular formula is C28H33N3O2. The van der Waals surface area contributed by atoms with Crippen molar-refractivity contribution in [1.29, 1.82) is 0 Å². The molecule has 1 aliphatic heterocycles. The Bertz CT molecular complexity index is 1030.